The average Bonchev–Trinajstić information content (AvgIpc) is 2.59. The highest BCUT2D eigenvalue weighted by atomic mass is 32.1. The third-order valence-electron chi connectivity index (χ3n) is 2.11. The van der Waals surface area contributed by atoms with Gasteiger partial charge in [0.2, 0.25) is 0 Å². The summed E-state index contributed by atoms with van der Waals surface area (Å²) in [4.78, 5) is 11.0. The number of nitrogens with zero attached hydrogens (tertiary/aromatic N) is 3. The molecule has 6 nitrogen and oxygen atoms in total. The molecule has 0 aliphatic carbocycles. The first-order valence-electron chi connectivity index (χ1n) is 4.15. The summed E-state index contributed by atoms with van der Waals surface area (Å²) in [6, 6.07) is 1.65. The van der Waals surface area contributed by atoms with Crippen molar-refractivity contribution in [2.45, 2.75) is 13.1 Å². The maximum Gasteiger partial charge on any atom is 0.295 e. The number of hydrogen-bond donors (Lipinski definition) is 3. The van der Waals surface area contributed by atoms with E-state index in [4.69, 9.17) is 5.21 Å². The molecule has 0 atom stereocenters. The lowest BCUT2D eigenvalue weighted by atomic mass is 10.3. The zero-order valence-corrected chi connectivity index (χ0v) is 8.24. The van der Waals surface area contributed by atoms with Crippen LogP contribution in [0.1, 0.15) is 16.2 Å². The Labute approximate surface area is 86.0 Å². The van der Waals surface area contributed by atoms with Crippen LogP contribution >= 0.6 is 12.8 Å². The third-order valence-corrected chi connectivity index (χ3v) is 2.45. The topological polar surface area (TPSA) is 70.4 Å². The summed E-state index contributed by atoms with van der Waals surface area (Å²) in [6.07, 6.45) is 0. The van der Waals surface area contributed by atoms with Gasteiger partial charge in [-0.2, -0.15) is 5.10 Å². The summed E-state index contributed by atoms with van der Waals surface area (Å²) in [5, 5.41) is 12.5. The predicted octanol–water partition coefficient (Wildman–Crippen LogP) is -0.338. The Morgan fingerprint density at radius 3 is 3.14 bits per heavy atom. The first kappa shape index (κ1) is 9.50. The van der Waals surface area contributed by atoms with Crippen LogP contribution in [-0.2, 0) is 13.1 Å². The zero-order chi connectivity index (χ0) is 10.1. The zero-order valence-electron chi connectivity index (χ0n) is 7.34. The summed E-state index contributed by atoms with van der Waals surface area (Å²) >= 11 is 4.21. The second-order valence-electron chi connectivity index (χ2n) is 3.07. The predicted molar refractivity (Wildman–Crippen MR) is 50.9 cm³/mol. The molecular formula is C7H10N4O2S. The molecule has 0 saturated heterocycles. The highest BCUT2D eigenvalue weighted by molar-refractivity contribution is 7.77. The van der Waals surface area contributed by atoms with E-state index in [1.54, 1.807) is 16.2 Å². The van der Waals surface area contributed by atoms with Crippen LogP contribution in [0.4, 0.5) is 0 Å². The minimum absolute atomic E-state index is 0.228. The van der Waals surface area contributed by atoms with Gasteiger partial charge in [-0.25, -0.2) is 9.79 Å². The molecule has 0 spiro atoms. The van der Waals surface area contributed by atoms with Crippen molar-refractivity contribution in [2.24, 2.45) is 0 Å². The van der Waals surface area contributed by atoms with Crippen molar-refractivity contribution >= 4 is 18.7 Å². The fraction of sp³-hybridized carbons (Fsp3) is 0.429. The van der Waals surface area contributed by atoms with E-state index < -0.39 is 5.91 Å². The van der Waals surface area contributed by atoms with E-state index in [0.29, 0.717) is 13.1 Å². The highest BCUT2D eigenvalue weighted by Gasteiger charge is 2.18. The monoisotopic (exact) mass is 214 g/mol. The Kier molecular flexibility index (Phi) is 2.44. The van der Waals surface area contributed by atoms with E-state index in [0.717, 1.165) is 12.2 Å². The summed E-state index contributed by atoms with van der Waals surface area (Å²) in [5.41, 5.74) is 2.70. The molecule has 1 aliphatic rings. The number of carbonyl (C=O) groups excluding carboxylic acids is 1. The van der Waals surface area contributed by atoms with Crippen LogP contribution in [0.25, 0.3) is 0 Å². The highest BCUT2D eigenvalue weighted by Crippen LogP contribution is 2.14. The first-order chi connectivity index (χ1) is 6.70. The minimum Gasteiger partial charge on any atom is -0.288 e. The molecule has 7 heteroatoms. The van der Waals surface area contributed by atoms with E-state index in [1.807, 2.05) is 4.31 Å². The number of nitrogens with one attached hydrogen (secondary N) is 1. The van der Waals surface area contributed by atoms with Crippen molar-refractivity contribution in [1.29, 1.82) is 0 Å². The quantitative estimate of drug-likeness (QED) is 0.340. The van der Waals surface area contributed by atoms with Gasteiger partial charge in [0.1, 0.15) is 0 Å². The number of hydrogen-bond acceptors (Lipinski definition) is 5. The van der Waals surface area contributed by atoms with Gasteiger partial charge >= 0.3 is 0 Å². The molecular weight excluding hydrogens is 204 g/mol. The molecule has 1 aliphatic heterocycles. The van der Waals surface area contributed by atoms with Gasteiger partial charge in [-0.15, -0.1) is 0 Å². The summed E-state index contributed by atoms with van der Waals surface area (Å²) in [7, 11) is 0. The lowest BCUT2D eigenvalue weighted by molar-refractivity contribution is 0.0699. The van der Waals surface area contributed by atoms with Gasteiger partial charge in [-0.05, 0) is 6.07 Å². The number of carbonyl (C=O) groups is 1. The molecule has 1 aromatic rings. The average molecular weight is 214 g/mol. The normalized spacial score (nSPS) is 16.4. The van der Waals surface area contributed by atoms with Crippen LogP contribution in [0.5, 0.6) is 0 Å². The molecule has 14 heavy (non-hydrogen) atoms. The summed E-state index contributed by atoms with van der Waals surface area (Å²) < 4.78 is 3.59. The van der Waals surface area contributed by atoms with Gasteiger partial charge in [-0.3, -0.25) is 14.7 Å². The van der Waals surface area contributed by atoms with E-state index in [1.165, 1.54) is 0 Å². The van der Waals surface area contributed by atoms with Crippen LogP contribution in [0, 0.1) is 0 Å². The Balaban J connectivity index is 2.27. The van der Waals surface area contributed by atoms with E-state index in [2.05, 4.69) is 17.9 Å². The van der Waals surface area contributed by atoms with E-state index in [-0.39, 0.29) is 5.69 Å². The van der Waals surface area contributed by atoms with Crippen molar-refractivity contribution in [3.63, 3.8) is 0 Å². The minimum atomic E-state index is -0.586. The first-order valence-corrected chi connectivity index (χ1v) is 4.55. The number of aromatic nitrogens is 2. The molecule has 0 saturated carbocycles. The molecule has 0 fully saturated rings. The molecule has 2 N–H and O–H groups in total. The van der Waals surface area contributed by atoms with Gasteiger partial charge in [0.05, 0.1) is 18.8 Å². The lowest BCUT2D eigenvalue weighted by Crippen LogP contribution is -2.27. The maximum absolute atomic E-state index is 11.0. The number of hydroxylamine groups is 1. The summed E-state index contributed by atoms with van der Waals surface area (Å²) in [6.45, 7) is 2.14. The molecule has 0 radical (unpaired) electrons. The molecule has 0 bridgehead atoms. The van der Waals surface area contributed by atoms with Crippen molar-refractivity contribution in [2.75, 3.05) is 6.54 Å². The fourth-order valence-corrected chi connectivity index (χ4v) is 1.66. The van der Waals surface area contributed by atoms with Gasteiger partial charge < -0.3 is 0 Å². The maximum atomic E-state index is 11.0. The molecule has 0 unspecified atom stereocenters. The second kappa shape index (κ2) is 3.60. The molecule has 1 amide bonds. The second-order valence-corrected chi connectivity index (χ2v) is 3.64. The van der Waals surface area contributed by atoms with Crippen LogP contribution in [0.3, 0.4) is 0 Å². The fourth-order valence-electron chi connectivity index (χ4n) is 1.42. The van der Waals surface area contributed by atoms with Crippen molar-refractivity contribution in [1.82, 2.24) is 19.6 Å². The Morgan fingerprint density at radius 1 is 1.64 bits per heavy atom. The Hall–Kier alpha value is -1.05. The third kappa shape index (κ3) is 1.61. The molecule has 2 rings (SSSR count). The molecule has 0 aromatic carbocycles. The van der Waals surface area contributed by atoms with Crippen molar-refractivity contribution in [3.8, 4) is 0 Å². The number of amides is 1. The van der Waals surface area contributed by atoms with Crippen molar-refractivity contribution in [3.05, 3.63) is 17.5 Å². The van der Waals surface area contributed by atoms with E-state index >= 15 is 0 Å². The molecule has 2 heterocycles. The standard InChI is InChI=1S/C7H10N4O2S/c12-7(9-13)6-3-5-4-10(14)1-2-11(5)8-6/h3,13-14H,1-2,4H2,(H,9,12). The lowest BCUT2D eigenvalue weighted by Gasteiger charge is -2.21. The van der Waals surface area contributed by atoms with Crippen molar-refractivity contribution < 1.29 is 10.0 Å². The largest absolute Gasteiger partial charge is 0.295 e. The number of thiol groups is 1. The molecule has 1 aromatic heterocycles. The number of fused-ring (bicyclic) bond motifs is 1. The summed E-state index contributed by atoms with van der Waals surface area (Å²) in [5.74, 6) is -0.586. The van der Waals surface area contributed by atoms with E-state index in [9.17, 15) is 4.79 Å². The SMILES string of the molecule is O=C(NO)c1cc2n(n1)CCN(S)C2. The van der Waals surface area contributed by atoms with Crippen LogP contribution in [0.2, 0.25) is 0 Å². The van der Waals surface area contributed by atoms with Gasteiger partial charge in [-0.1, -0.05) is 12.8 Å². The van der Waals surface area contributed by atoms with Crippen LogP contribution in [0.15, 0.2) is 6.07 Å². The smallest absolute Gasteiger partial charge is 0.288 e. The van der Waals surface area contributed by atoms with Crippen LogP contribution < -0.4 is 5.48 Å². The Morgan fingerprint density at radius 2 is 2.43 bits per heavy atom. The van der Waals surface area contributed by atoms with Gasteiger partial charge in [0.25, 0.3) is 5.91 Å². The molecule has 76 valence electrons. The Bertz CT molecular complexity index is 365. The van der Waals surface area contributed by atoms with Gasteiger partial charge in [0, 0.05) is 6.54 Å². The van der Waals surface area contributed by atoms with Gasteiger partial charge in [0.15, 0.2) is 5.69 Å². The van der Waals surface area contributed by atoms with Crippen LogP contribution in [-0.4, -0.2) is 31.7 Å². The number of rotatable bonds is 1.